The summed E-state index contributed by atoms with van der Waals surface area (Å²) < 4.78 is 33.0. The second-order valence-corrected chi connectivity index (χ2v) is 6.35. The van der Waals surface area contributed by atoms with Gasteiger partial charge in [0.2, 0.25) is 0 Å². The number of benzene rings is 3. The predicted octanol–water partition coefficient (Wildman–Crippen LogP) is 3.79. The van der Waals surface area contributed by atoms with Crippen LogP contribution in [0.1, 0.15) is 0 Å². The van der Waals surface area contributed by atoms with Crippen LogP contribution in [0.3, 0.4) is 0 Å². The van der Waals surface area contributed by atoms with Crippen molar-refractivity contribution in [1.29, 1.82) is 0 Å². The van der Waals surface area contributed by atoms with E-state index < -0.39 is 26.5 Å². The number of aromatic hydroxyl groups is 1. The van der Waals surface area contributed by atoms with Crippen LogP contribution in [0.25, 0.3) is 10.8 Å². The lowest BCUT2D eigenvalue weighted by Gasteiger charge is -2.12. The fraction of sp³-hybridized carbons (Fsp3) is 0. The number of phenols is 1. The van der Waals surface area contributed by atoms with Crippen LogP contribution in [0, 0.1) is 0 Å². The maximum Gasteiger partial charge on any atom is 0.298 e. The van der Waals surface area contributed by atoms with Crippen LogP contribution < -0.4 is 5.73 Å². The molecule has 0 aliphatic carbocycles. The van der Waals surface area contributed by atoms with Gasteiger partial charge in [0.15, 0.2) is 11.4 Å². The second kappa shape index (κ2) is 5.91. The van der Waals surface area contributed by atoms with E-state index in [1.807, 2.05) is 0 Å². The minimum Gasteiger partial charge on any atom is -0.505 e. The van der Waals surface area contributed by atoms with Crippen molar-refractivity contribution in [2.24, 2.45) is 10.2 Å². The Kier molecular flexibility index (Phi) is 3.92. The first-order valence-electron chi connectivity index (χ1n) is 6.87. The summed E-state index contributed by atoms with van der Waals surface area (Å²) in [4.78, 5) is -0.668. The highest BCUT2D eigenvalue weighted by atomic mass is 32.2. The van der Waals surface area contributed by atoms with Gasteiger partial charge >= 0.3 is 0 Å². The van der Waals surface area contributed by atoms with Gasteiger partial charge in [-0.05, 0) is 12.1 Å². The number of anilines is 1. The van der Waals surface area contributed by atoms with E-state index in [0.29, 0.717) is 16.5 Å². The molecule has 122 valence electrons. The Morgan fingerprint density at radius 2 is 1.46 bits per heavy atom. The normalized spacial score (nSPS) is 12.0. The second-order valence-electron chi connectivity index (χ2n) is 5.00. The van der Waals surface area contributed by atoms with Crippen LogP contribution in [-0.4, -0.2) is 18.1 Å². The van der Waals surface area contributed by atoms with Gasteiger partial charge in [0.25, 0.3) is 10.1 Å². The molecule has 0 saturated carbocycles. The highest BCUT2D eigenvalue weighted by molar-refractivity contribution is 7.86. The van der Waals surface area contributed by atoms with Crippen molar-refractivity contribution < 1.29 is 18.1 Å². The zero-order valence-corrected chi connectivity index (χ0v) is 13.1. The average molecular weight is 343 g/mol. The zero-order valence-electron chi connectivity index (χ0n) is 12.3. The molecule has 0 aliphatic heterocycles. The molecule has 0 aliphatic rings. The van der Waals surface area contributed by atoms with Gasteiger partial charge in [-0.15, -0.1) is 5.11 Å². The van der Waals surface area contributed by atoms with Gasteiger partial charge in [0.1, 0.15) is 4.90 Å². The molecular formula is C16H13N3O4S. The Morgan fingerprint density at radius 3 is 2.08 bits per heavy atom. The molecule has 4 N–H and O–H groups in total. The number of nitrogens with two attached hydrogens (primary N) is 1. The molecule has 0 heterocycles. The maximum atomic E-state index is 11.7. The lowest BCUT2D eigenvalue weighted by atomic mass is 10.1. The number of hydrogen-bond donors (Lipinski definition) is 3. The Morgan fingerprint density at radius 1 is 0.875 bits per heavy atom. The summed E-state index contributed by atoms with van der Waals surface area (Å²) in [5.74, 6) is -0.424. The number of rotatable bonds is 3. The Hall–Kier alpha value is -2.97. The van der Waals surface area contributed by atoms with Crippen LogP contribution in [-0.2, 0) is 10.1 Å². The van der Waals surface area contributed by atoms with Gasteiger partial charge in [0, 0.05) is 10.8 Å². The fourth-order valence-electron chi connectivity index (χ4n) is 2.37. The third kappa shape index (κ3) is 2.80. The lowest BCUT2D eigenvalue weighted by molar-refractivity contribution is 0.472. The molecule has 7 nitrogen and oxygen atoms in total. The van der Waals surface area contributed by atoms with Gasteiger partial charge in [-0.3, -0.25) is 4.55 Å². The monoisotopic (exact) mass is 343 g/mol. The van der Waals surface area contributed by atoms with Gasteiger partial charge in [-0.1, -0.05) is 42.5 Å². The summed E-state index contributed by atoms with van der Waals surface area (Å²) in [6.45, 7) is 0. The molecule has 3 rings (SSSR count). The number of azo groups is 1. The van der Waals surface area contributed by atoms with Crippen LogP contribution >= 0.6 is 0 Å². The quantitative estimate of drug-likeness (QED) is 0.289. The minimum absolute atomic E-state index is 0.201. The standard InChI is InChI=1S/C16H13N3O4S/c17-13-11-8-4-5-9-12(11)15(20)14(16(13)24(21,22)23)19-18-10-6-2-1-3-7-10/h1-9,20H,17H2,(H,21,22,23). The summed E-state index contributed by atoms with van der Waals surface area (Å²) in [6, 6.07) is 14.9. The van der Waals surface area contributed by atoms with Gasteiger partial charge in [-0.2, -0.15) is 13.5 Å². The topological polar surface area (TPSA) is 125 Å². The average Bonchev–Trinajstić information content (AvgIpc) is 2.56. The molecule has 0 unspecified atom stereocenters. The molecule has 3 aromatic carbocycles. The molecule has 0 fully saturated rings. The molecule has 0 spiro atoms. The summed E-state index contributed by atoms with van der Waals surface area (Å²) in [6.07, 6.45) is 0. The number of nitrogens with zero attached hydrogens (tertiary/aromatic N) is 2. The third-order valence-electron chi connectivity index (χ3n) is 3.44. The van der Waals surface area contributed by atoms with Crippen molar-refractivity contribution in [3.63, 3.8) is 0 Å². The molecule has 0 bridgehead atoms. The number of nitrogen functional groups attached to an aromatic ring is 1. The first-order valence-corrected chi connectivity index (χ1v) is 8.31. The smallest absolute Gasteiger partial charge is 0.298 e. The predicted molar refractivity (Wildman–Crippen MR) is 90.5 cm³/mol. The van der Waals surface area contributed by atoms with E-state index >= 15 is 0 Å². The zero-order chi connectivity index (χ0) is 17.3. The summed E-state index contributed by atoms with van der Waals surface area (Å²) >= 11 is 0. The van der Waals surface area contributed by atoms with Crippen LogP contribution in [0.5, 0.6) is 5.75 Å². The van der Waals surface area contributed by atoms with Crippen LogP contribution in [0.4, 0.5) is 17.1 Å². The van der Waals surface area contributed by atoms with E-state index in [1.165, 1.54) is 6.07 Å². The Labute approximate surface area is 137 Å². The van der Waals surface area contributed by atoms with Crippen molar-refractivity contribution in [3.05, 3.63) is 54.6 Å². The number of fused-ring (bicyclic) bond motifs is 1. The fourth-order valence-corrected chi connectivity index (χ4v) is 3.14. The van der Waals surface area contributed by atoms with Crippen molar-refractivity contribution in [1.82, 2.24) is 0 Å². The Bertz CT molecular complexity index is 1050. The maximum absolute atomic E-state index is 11.7. The third-order valence-corrected chi connectivity index (χ3v) is 4.37. The van der Waals surface area contributed by atoms with Crippen molar-refractivity contribution in [2.45, 2.75) is 4.90 Å². The highest BCUT2D eigenvalue weighted by Gasteiger charge is 2.26. The first kappa shape index (κ1) is 15.9. The van der Waals surface area contributed by atoms with Crippen molar-refractivity contribution in [2.75, 3.05) is 5.73 Å². The SMILES string of the molecule is Nc1c(S(=O)(=O)O)c(N=Nc2ccccc2)c(O)c2ccccc12. The van der Waals surface area contributed by atoms with E-state index in [9.17, 15) is 18.1 Å². The lowest BCUT2D eigenvalue weighted by Crippen LogP contribution is -2.04. The van der Waals surface area contributed by atoms with Gasteiger partial charge in [-0.25, -0.2) is 0 Å². The molecule has 24 heavy (non-hydrogen) atoms. The van der Waals surface area contributed by atoms with E-state index in [-0.39, 0.29) is 5.69 Å². The van der Waals surface area contributed by atoms with Crippen molar-refractivity contribution in [3.8, 4) is 5.75 Å². The molecule has 0 radical (unpaired) electrons. The van der Waals surface area contributed by atoms with Gasteiger partial charge < -0.3 is 10.8 Å². The van der Waals surface area contributed by atoms with E-state index in [1.54, 1.807) is 48.5 Å². The molecule has 3 aromatic rings. The highest BCUT2D eigenvalue weighted by Crippen LogP contribution is 2.45. The largest absolute Gasteiger partial charge is 0.505 e. The summed E-state index contributed by atoms with van der Waals surface area (Å²) in [7, 11) is -4.72. The van der Waals surface area contributed by atoms with E-state index in [4.69, 9.17) is 5.73 Å². The Balaban J connectivity index is 2.33. The van der Waals surface area contributed by atoms with Gasteiger partial charge in [0.05, 0.1) is 11.4 Å². The summed E-state index contributed by atoms with van der Waals surface area (Å²) in [5.41, 5.74) is 5.73. The molecule has 0 aromatic heterocycles. The minimum atomic E-state index is -4.72. The van der Waals surface area contributed by atoms with Crippen molar-refractivity contribution >= 4 is 38.0 Å². The van der Waals surface area contributed by atoms with Crippen LogP contribution in [0.2, 0.25) is 0 Å². The number of hydrogen-bond acceptors (Lipinski definition) is 6. The van der Waals surface area contributed by atoms with E-state index in [0.717, 1.165) is 0 Å². The van der Waals surface area contributed by atoms with E-state index in [2.05, 4.69) is 10.2 Å². The van der Waals surface area contributed by atoms with Crippen LogP contribution in [0.15, 0.2) is 69.7 Å². The number of phenolic OH excluding ortho intramolecular Hbond substituents is 1. The summed E-state index contributed by atoms with van der Waals surface area (Å²) in [5, 5.41) is 18.7. The first-order chi connectivity index (χ1) is 11.4. The molecular weight excluding hydrogens is 330 g/mol. The molecule has 0 amide bonds. The molecule has 0 atom stereocenters. The molecule has 0 saturated heterocycles. The molecule has 8 heteroatoms.